The third-order valence-electron chi connectivity index (χ3n) is 2.85. The van der Waals surface area contributed by atoms with E-state index in [1.54, 1.807) is 26.0 Å². The summed E-state index contributed by atoms with van der Waals surface area (Å²) < 4.78 is 26.1. The molecule has 0 bridgehead atoms. The van der Waals surface area contributed by atoms with Gasteiger partial charge in [0.05, 0.1) is 11.8 Å². The fourth-order valence-electron chi connectivity index (χ4n) is 1.85. The second-order valence-electron chi connectivity index (χ2n) is 4.02. The van der Waals surface area contributed by atoms with Gasteiger partial charge in [0.2, 0.25) is 0 Å². The van der Waals surface area contributed by atoms with E-state index in [0.717, 1.165) is 5.56 Å². The van der Waals surface area contributed by atoms with Crippen molar-refractivity contribution in [1.82, 2.24) is 0 Å². The summed E-state index contributed by atoms with van der Waals surface area (Å²) in [4.78, 5) is 0. The molecule has 0 saturated heterocycles. The quantitative estimate of drug-likeness (QED) is 0.822. The van der Waals surface area contributed by atoms with Crippen LogP contribution in [-0.4, -0.2) is 20.2 Å². The molecule has 0 fully saturated rings. The van der Waals surface area contributed by atoms with E-state index >= 15 is 0 Å². The highest BCUT2D eigenvalue weighted by molar-refractivity contribution is 7.93. The summed E-state index contributed by atoms with van der Waals surface area (Å²) in [5.74, 6) is 0. The molecule has 0 N–H and O–H groups in total. The average Bonchev–Trinajstić information content (AvgIpc) is 2.33. The lowest BCUT2D eigenvalue weighted by molar-refractivity contribution is 0.583. The van der Waals surface area contributed by atoms with Crippen LogP contribution in [0.5, 0.6) is 0 Å². The zero-order valence-electron chi connectivity index (χ0n) is 10.9. The first-order valence-electron chi connectivity index (χ1n) is 5.95. The Morgan fingerprint density at radius 3 is 2.39 bits per heavy atom. The van der Waals surface area contributed by atoms with Gasteiger partial charge in [-0.15, -0.1) is 0 Å². The third-order valence-corrected chi connectivity index (χ3v) is 5.08. The summed E-state index contributed by atoms with van der Waals surface area (Å²) in [6.45, 7) is 5.66. The third kappa shape index (κ3) is 2.65. The van der Waals surface area contributed by atoms with Gasteiger partial charge in [-0.1, -0.05) is 25.1 Å². The maximum Gasteiger partial charge on any atom is 0.251 e. The number of sulfonamides is 1. The average molecular weight is 266 g/mol. The molecule has 0 heterocycles. The normalized spacial score (nSPS) is 12.8. The van der Waals surface area contributed by atoms with Gasteiger partial charge in [-0.05, 0) is 31.9 Å². The Hall–Kier alpha value is -1.54. The number of nitriles is 1. The molecule has 1 aromatic carbocycles. The lowest BCUT2D eigenvalue weighted by Gasteiger charge is -2.26. The molecular formula is C13H18N2O2S. The number of anilines is 1. The van der Waals surface area contributed by atoms with Crippen LogP contribution in [0, 0.1) is 18.3 Å². The van der Waals surface area contributed by atoms with Crippen LogP contribution in [0.1, 0.15) is 25.8 Å². The highest BCUT2D eigenvalue weighted by Gasteiger charge is 2.30. The summed E-state index contributed by atoms with van der Waals surface area (Å²) in [5, 5.41) is 7.98. The van der Waals surface area contributed by atoms with Crippen molar-refractivity contribution in [2.75, 3.05) is 10.8 Å². The molecule has 1 unspecified atom stereocenters. The Balaban J connectivity index is 3.28. The molecule has 18 heavy (non-hydrogen) atoms. The zero-order chi connectivity index (χ0) is 13.8. The molecule has 0 aromatic heterocycles. The molecule has 1 atom stereocenters. The van der Waals surface area contributed by atoms with Gasteiger partial charge in [-0.25, -0.2) is 8.42 Å². The second-order valence-corrected chi connectivity index (χ2v) is 6.06. The van der Waals surface area contributed by atoms with E-state index in [-0.39, 0.29) is 0 Å². The van der Waals surface area contributed by atoms with Crippen molar-refractivity contribution < 1.29 is 8.42 Å². The minimum Gasteiger partial charge on any atom is -0.269 e. The summed E-state index contributed by atoms with van der Waals surface area (Å²) in [6.07, 6.45) is 0.293. The van der Waals surface area contributed by atoms with E-state index in [9.17, 15) is 8.42 Å². The molecule has 0 amide bonds. The maximum absolute atomic E-state index is 12.4. The van der Waals surface area contributed by atoms with E-state index in [1.165, 1.54) is 4.31 Å². The minimum absolute atomic E-state index is 0.293. The Labute approximate surface area is 109 Å². The van der Waals surface area contributed by atoms with Gasteiger partial charge < -0.3 is 0 Å². The molecule has 1 aromatic rings. The lowest BCUT2D eigenvalue weighted by Crippen LogP contribution is -2.38. The summed E-state index contributed by atoms with van der Waals surface area (Å²) in [5.41, 5.74) is 1.53. The fourth-order valence-corrected chi connectivity index (χ4v) is 3.55. The summed E-state index contributed by atoms with van der Waals surface area (Å²) >= 11 is 0. The summed E-state index contributed by atoms with van der Waals surface area (Å²) in [6, 6.07) is 9.15. The smallest absolute Gasteiger partial charge is 0.251 e. The Kier molecular flexibility index (Phi) is 4.74. The molecule has 0 aliphatic heterocycles. The van der Waals surface area contributed by atoms with Crippen LogP contribution in [-0.2, 0) is 10.0 Å². The van der Waals surface area contributed by atoms with Gasteiger partial charge in [-0.3, -0.25) is 4.31 Å². The van der Waals surface area contributed by atoms with Crippen LogP contribution in [0.4, 0.5) is 5.69 Å². The molecular weight excluding hydrogens is 248 g/mol. The molecule has 5 heteroatoms. The number of hydrogen-bond donors (Lipinski definition) is 0. The predicted molar refractivity (Wildman–Crippen MR) is 72.8 cm³/mol. The first kappa shape index (κ1) is 14.5. The first-order chi connectivity index (χ1) is 8.48. The molecule has 0 spiro atoms. The van der Waals surface area contributed by atoms with Crippen LogP contribution >= 0.6 is 0 Å². The number of rotatable bonds is 5. The van der Waals surface area contributed by atoms with Crippen LogP contribution in [0.2, 0.25) is 0 Å². The molecule has 0 saturated carbocycles. The lowest BCUT2D eigenvalue weighted by atomic mass is 10.2. The largest absolute Gasteiger partial charge is 0.269 e. The fraction of sp³-hybridized carbons (Fsp3) is 0.462. The van der Waals surface area contributed by atoms with E-state index < -0.39 is 15.3 Å². The number of nitrogens with zero attached hydrogens (tertiary/aromatic N) is 2. The summed E-state index contributed by atoms with van der Waals surface area (Å²) in [7, 11) is -3.62. The molecule has 0 radical (unpaired) electrons. The second kappa shape index (κ2) is 5.87. The molecule has 0 aliphatic carbocycles. The van der Waals surface area contributed by atoms with Crippen molar-refractivity contribution >= 4 is 15.7 Å². The van der Waals surface area contributed by atoms with Crippen molar-refractivity contribution in [3.8, 4) is 6.07 Å². The SMILES string of the molecule is CCC(C#N)S(=O)(=O)N(CC)c1ccccc1C. The van der Waals surface area contributed by atoms with Crippen LogP contribution < -0.4 is 4.31 Å². The van der Waals surface area contributed by atoms with Crippen molar-refractivity contribution in [2.45, 2.75) is 32.4 Å². The van der Waals surface area contributed by atoms with E-state index in [0.29, 0.717) is 18.7 Å². The van der Waals surface area contributed by atoms with Crippen LogP contribution in [0.3, 0.4) is 0 Å². The Morgan fingerprint density at radius 1 is 1.33 bits per heavy atom. The van der Waals surface area contributed by atoms with E-state index in [2.05, 4.69) is 0 Å². The molecule has 98 valence electrons. The molecule has 4 nitrogen and oxygen atoms in total. The maximum atomic E-state index is 12.4. The number of benzene rings is 1. The standard InChI is InChI=1S/C13H18N2O2S/c1-4-12(10-14)18(16,17)15(5-2)13-9-7-6-8-11(13)3/h6-9,12H,4-5H2,1-3H3. The van der Waals surface area contributed by atoms with Crippen molar-refractivity contribution in [3.05, 3.63) is 29.8 Å². The monoisotopic (exact) mass is 266 g/mol. The topological polar surface area (TPSA) is 61.2 Å². The van der Waals surface area contributed by atoms with Crippen molar-refractivity contribution in [3.63, 3.8) is 0 Å². The number of aryl methyl sites for hydroxylation is 1. The van der Waals surface area contributed by atoms with Crippen LogP contribution in [0.25, 0.3) is 0 Å². The van der Waals surface area contributed by atoms with Gasteiger partial charge >= 0.3 is 0 Å². The van der Waals surface area contributed by atoms with E-state index in [4.69, 9.17) is 5.26 Å². The Morgan fingerprint density at radius 2 is 1.94 bits per heavy atom. The highest BCUT2D eigenvalue weighted by atomic mass is 32.2. The predicted octanol–water partition coefficient (Wildman–Crippen LogP) is 2.45. The van der Waals surface area contributed by atoms with Crippen molar-refractivity contribution in [1.29, 1.82) is 5.26 Å². The number of hydrogen-bond acceptors (Lipinski definition) is 3. The highest BCUT2D eigenvalue weighted by Crippen LogP contribution is 2.24. The van der Waals surface area contributed by atoms with Crippen LogP contribution in [0.15, 0.2) is 24.3 Å². The number of para-hydroxylation sites is 1. The van der Waals surface area contributed by atoms with Crippen molar-refractivity contribution in [2.24, 2.45) is 0 Å². The molecule has 1 rings (SSSR count). The Bertz CT molecular complexity index is 546. The molecule has 0 aliphatic rings. The van der Waals surface area contributed by atoms with Gasteiger partial charge in [-0.2, -0.15) is 5.26 Å². The minimum atomic E-state index is -3.62. The van der Waals surface area contributed by atoms with E-state index in [1.807, 2.05) is 25.1 Å². The zero-order valence-corrected chi connectivity index (χ0v) is 11.7. The van der Waals surface area contributed by atoms with Gasteiger partial charge in [0.25, 0.3) is 10.0 Å². The van der Waals surface area contributed by atoms with Gasteiger partial charge in [0, 0.05) is 6.54 Å². The first-order valence-corrected chi connectivity index (χ1v) is 7.46. The van der Waals surface area contributed by atoms with Gasteiger partial charge in [0.15, 0.2) is 5.25 Å². The van der Waals surface area contributed by atoms with Gasteiger partial charge in [0.1, 0.15) is 0 Å².